The van der Waals surface area contributed by atoms with Gasteiger partial charge in [-0.25, -0.2) is 19.9 Å². The standard InChI is InChI=1S/C18H23N7O4S/c1-24-4-3-19-18(24)30-7-11-13(26)14(27)17(29-11)25-9-22-12-15(20-8-21-16(12)25)23-10-2-5-28-6-10/h3-4,8-11,13-14,17,26-27H,2,5-7H2,1H3,(H,20,21,23)/t10-,11+,13+,14+,17+/m0/s1. The molecule has 3 aromatic rings. The van der Waals surface area contributed by atoms with Gasteiger partial charge in [0.2, 0.25) is 0 Å². The minimum Gasteiger partial charge on any atom is -0.387 e. The summed E-state index contributed by atoms with van der Waals surface area (Å²) in [6.45, 7) is 1.34. The van der Waals surface area contributed by atoms with Gasteiger partial charge in [0.15, 0.2) is 28.4 Å². The molecule has 0 aromatic carbocycles. The van der Waals surface area contributed by atoms with Crippen LogP contribution in [0.1, 0.15) is 12.6 Å². The lowest BCUT2D eigenvalue weighted by atomic mass is 10.1. The summed E-state index contributed by atoms with van der Waals surface area (Å²) < 4.78 is 15.0. The van der Waals surface area contributed by atoms with Crippen molar-refractivity contribution in [2.24, 2.45) is 7.05 Å². The van der Waals surface area contributed by atoms with Crippen molar-refractivity contribution in [2.45, 2.75) is 42.2 Å². The fraction of sp³-hybridized carbons (Fsp3) is 0.556. The minimum atomic E-state index is -1.11. The van der Waals surface area contributed by atoms with E-state index in [0.29, 0.717) is 29.3 Å². The Kier molecular flexibility index (Phi) is 5.33. The highest BCUT2D eigenvalue weighted by atomic mass is 32.2. The Balaban J connectivity index is 1.35. The van der Waals surface area contributed by atoms with E-state index in [1.807, 2.05) is 17.8 Å². The Morgan fingerprint density at radius 2 is 2.13 bits per heavy atom. The number of nitrogens with zero attached hydrogens (tertiary/aromatic N) is 6. The molecule has 3 aromatic heterocycles. The second-order valence-electron chi connectivity index (χ2n) is 7.43. The summed E-state index contributed by atoms with van der Waals surface area (Å²) in [7, 11) is 1.90. The summed E-state index contributed by atoms with van der Waals surface area (Å²) in [6.07, 6.45) is 3.99. The molecule has 3 N–H and O–H groups in total. The Labute approximate surface area is 176 Å². The molecule has 0 unspecified atom stereocenters. The van der Waals surface area contributed by atoms with Gasteiger partial charge in [-0.1, -0.05) is 11.8 Å². The Bertz CT molecular complexity index is 1020. The van der Waals surface area contributed by atoms with Crippen LogP contribution >= 0.6 is 11.8 Å². The maximum atomic E-state index is 10.6. The number of fused-ring (bicyclic) bond motifs is 1. The minimum absolute atomic E-state index is 0.177. The van der Waals surface area contributed by atoms with Gasteiger partial charge in [-0.05, 0) is 6.42 Å². The molecule has 2 aliphatic rings. The second kappa shape index (κ2) is 8.12. The third kappa shape index (κ3) is 3.54. The van der Waals surface area contributed by atoms with Gasteiger partial charge in [0.25, 0.3) is 0 Å². The van der Waals surface area contributed by atoms with E-state index in [4.69, 9.17) is 9.47 Å². The number of aromatic nitrogens is 6. The maximum absolute atomic E-state index is 10.6. The van der Waals surface area contributed by atoms with Gasteiger partial charge in [-0.2, -0.15) is 0 Å². The molecule has 12 heteroatoms. The van der Waals surface area contributed by atoms with Crippen molar-refractivity contribution < 1.29 is 19.7 Å². The van der Waals surface area contributed by atoms with E-state index in [2.05, 4.69) is 25.3 Å². The van der Waals surface area contributed by atoms with E-state index in [1.165, 1.54) is 18.1 Å². The van der Waals surface area contributed by atoms with Crippen LogP contribution < -0.4 is 5.32 Å². The zero-order valence-corrected chi connectivity index (χ0v) is 17.1. The highest BCUT2D eigenvalue weighted by molar-refractivity contribution is 7.99. The number of hydrogen-bond donors (Lipinski definition) is 3. The number of ether oxygens (including phenoxy) is 2. The zero-order valence-electron chi connectivity index (χ0n) is 16.3. The van der Waals surface area contributed by atoms with E-state index in [-0.39, 0.29) is 6.04 Å². The number of hydrogen-bond acceptors (Lipinski definition) is 10. The zero-order chi connectivity index (χ0) is 20.7. The smallest absolute Gasteiger partial charge is 0.167 e. The molecule has 160 valence electrons. The van der Waals surface area contributed by atoms with Gasteiger partial charge in [0.05, 0.1) is 25.1 Å². The fourth-order valence-electron chi connectivity index (χ4n) is 3.73. The van der Waals surface area contributed by atoms with Crippen LogP contribution in [0.3, 0.4) is 0 Å². The average molecular weight is 433 g/mol. The van der Waals surface area contributed by atoms with Gasteiger partial charge in [0.1, 0.15) is 18.5 Å². The van der Waals surface area contributed by atoms with Crippen molar-refractivity contribution in [1.29, 1.82) is 0 Å². The molecule has 30 heavy (non-hydrogen) atoms. The van der Waals surface area contributed by atoms with E-state index < -0.39 is 24.5 Å². The number of aliphatic hydroxyl groups excluding tert-OH is 2. The molecule has 2 saturated heterocycles. The van der Waals surface area contributed by atoms with Crippen LogP contribution in [-0.2, 0) is 16.5 Å². The topological polar surface area (TPSA) is 132 Å². The quantitative estimate of drug-likeness (QED) is 0.462. The number of thioether (sulfide) groups is 1. The first-order chi connectivity index (χ1) is 14.6. The molecule has 5 heterocycles. The Hall–Kier alpha value is -2.25. The molecule has 0 bridgehead atoms. The van der Waals surface area contributed by atoms with E-state index in [1.54, 1.807) is 17.1 Å². The van der Waals surface area contributed by atoms with Crippen molar-refractivity contribution in [3.05, 3.63) is 25.0 Å². The van der Waals surface area contributed by atoms with Gasteiger partial charge in [0, 0.05) is 31.8 Å². The predicted molar refractivity (Wildman–Crippen MR) is 108 cm³/mol. The summed E-state index contributed by atoms with van der Waals surface area (Å²) in [4.78, 5) is 17.3. The van der Waals surface area contributed by atoms with Crippen LogP contribution in [-0.4, -0.2) is 82.6 Å². The highest BCUT2D eigenvalue weighted by Gasteiger charge is 2.44. The number of nitrogens with one attached hydrogen (secondary N) is 1. The van der Waals surface area contributed by atoms with Crippen molar-refractivity contribution >= 4 is 28.7 Å². The highest BCUT2D eigenvalue weighted by Crippen LogP contribution is 2.34. The van der Waals surface area contributed by atoms with Crippen LogP contribution in [0.25, 0.3) is 11.2 Å². The number of imidazole rings is 2. The molecule has 5 atom stereocenters. The van der Waals surface area contributed by atoms with Gasteiger partial charge in [-0.15, -0.1) is 0 Å². The number of aliphatic hydroxyl groups is 2. The van der Waals surface area contributed by atoms with Crippen LogP contribution in [0.4, 0.5) is 5.82 Å². The predicted octanol–water partition coefficient (Wildman–Crippen LogP) is 0.172. The molecule has 0 spiro atoms. The van der Waals surface area contributed by atoms with Crippen LogP contribution in [0, 0.1) is 0 Å². The lowest BCUT2D eigenvalue weighted by molar-refractivity contribution is -0.0289. The van der Waals surface area contributed by atoms with E-state index >= 15 is 0 Å². The van der Waals surface area contributed by atoms with Crippen LogP contribution in [0.15, 0.2) is 30.2 Å². The largest absolute Gasteiger partial charge is 0.387 e. The lowest BCUT2D eigenvalue weighted by Crippen LogP contribution is -2.32. The third-order valence-corrected chi connectivity index (χ3v) is 6.54. The van der Waals surface area contributed by atoms with Gasteiger partial charge in [-0.3, -0.25) is 4.57 Å². The van der Waals surface area contributed by atoms with Gasteiger partial charge >= 0.3 is 0 Å². The lowest BCUT2D eigenvalue weighted by Gasteiger charge is -2.17. The van der Waals surface area contributed by atoms with Crippen LogP contribution in [0.5, 0.6) is 0 Å². The molecular weight excluding hydrogens is 410 g/mol. The molecule has 0 saturated carbocycles. The number of anilines is 1. The summed E-state index contributed by atoms with van der Waals surface area (Å²) in [5, 5.41) is 25.3. The van der Waals surface area contributed by atoms with Crippen molar-refractivity contribution in [3.63, 3.8) is 0 Å². The SMILES string of the molecule is Cn1ccnc1SC[C@H]1O[C@@H](n2cnc3c(N[C@H]4CCOC4)ncnc32)[C@H](O)[C@@H]1O. The molecular formula is C18H23N7O4S. The van der Waals surface area contributed by atoms with Crippen LogP contribution in [0.2, 0.25) is 0 Å². The van der Waals surface area contributed by atoms with Crippen molar-refractivity contribution in [1.82, 2.24) is 29.1 Å². The molecule has 0 radical (unpaired) electrons. The molecule has 5 rings (SSSR count). The average Bonchev–Trinajstić information content (AvgIpc) is 3.52. The molecule has 2 fully saturated rings. The normalized spacial score (nSPS) is 29.1. The summed E-state index contributed by atoms with van der Waals surface area (Å²) in [6, 6.07) is 0.177. The molecule has 0 aliphatic carbocycles. The first-order valence-corrected chi connectivity index (χ1v) is 10.7. The number of rotatable bonds is 6. The van der Waals surface area contributed by atoms with Crippen molar-refractivity contribution in [3.8, 4) is 0 Å². The Morgan fingerprint density at radius 1 is 1.23 bits per heavy atom. The first kappa shape index (κ1) is 19.7. The maximum Gasteiger partial charge on any atom is 0.167 e. The summed E-state index contributed by atoms with van der Waals surface area (Å²) >= 11 is 1.46. The molecule has 11 nitrogen and oxygen atoms in total. The first-order valence-electron chi connectivity index (χ1n) is 9.75. The molecule has 0 amide bonds. The molecule has 2 aliphatic heterocycles. The fourth-order valence-corrected chi connectivity index (χ4v) is 4.72. The number of aryl methyl sites for hydroxylation is 1. The van der Waals surface area contributed by atoms with E-state index in [0.717, 1.165) is 18.2 Å². The summed E-state index contributed by atoms with van der Waals surface area (Å²) in [5.74, 6) is 1.07. The second-order valence-corrected chi connectivity index (χ2v) is 8.42. The van der Waals surface area contributed by atoms with Crippen molar-refractivity contribution in [2.75, 3.05) is 24.3 Å². The third-order valence-electron chi connectivity index (χ3n) is 5.39. The van der Waals surface area contributed by atoms with Gasteiger partial charge < -0.3 is 29.6 Å². The monoisotopic (exact) mass is 433 g/mol. The van der Waals surface area contributed by atoms with E-state index in [9.17, 15) is 10.2 Å². The Morgan fingerprint density at radius 3 is 2.90 bits per heavy atom. The summed E-state index contributed by atoms with van der Waals surface area (Å²) in [5.41, 5.74) is 1.11.